The highest BCUT2D eigenvalue weighted by Crippen LogP contribution is 2.21. The first-order valence-electron chi connectivity index (χ1n) is 7.14. The van der Waals surface area contributed by atoms with E-state index in [-0.39, 0.29) is 30.5 Å². The molecule has 0 fully saturated rings. The zero-order chi connectivity index (χ0) is 16.7. The Bertz CT molecular complexity index is 649. The molecule has 0 aromatic heterocycles. The third-order valence-corrected chi connectivity index (χ3v) is 4.22. The van der Waals surface area contributed by atoms with Crippen molar-refractivity contribution in [2.45, 2.75) is 17.4 Å². The molecule has 1 atom stereocenters. The minimum absolute atomic E-state index is 0.0504. The molecule has 0 saturated heterocycles. The van der Waals surface area contributed by atoms with Crippen LogP contribution in [0.1, 0.15) is 18.1 Å². The van der Waals surface area contributed by atoms with Crippen LogP contribution in [0.3, 0.4) is 0 Å². The van der Waals surface area contributed by atoms with E-state index < -0.39 is 6.10 Å². The largest absolute Gasteiger partial charge is 0.387 e. The van der Waals surface area contributed by atoms with E-state index in [9.17, 15) is 18.7 Å². The lowest BCUT2D eigenvalue weighted by Crippen LogP contribution is -2.28. The molecule has 122 valence electrons. The van der Waals surface area contributed by atoms with Crippen LogP contribution in [-0.2, 0) is 4.79 Å². The van der Waals surface area contributed by atoms with Crippen LogP contribution in [0.25, 0.3) is 0 Å². The van der Waals surface area contributed by atoms with Crippen LogP contribution in [0, 0.1) is 11.6 Å². The molecule has 0 aliphatic rings. The minimum Gasteiger partial charge on any atom is -0.387 e. The van der Waals surface area contributed by atoms with Gasteiger partial charge < -0.3 is 10.4 Å². The van der Waals surface area contributed by atoms with E-state index in [4.69, 9.17) is 0 Å². The van der Waals surface area contributed by atoms with Crippen LogP contribution in [0.15, 0.2) is 53.4 Å². The summed E-state index contributed by atoms with van der Waals surface area (Å²) >= 11 is 1.27. The molecular formula is C17H17F2NO2S. The van der Waals surface area contributed by atoms with Crippen molar-refractivity contribution in [1.82, 2.24) is 5.32 Å². The Hall–Kier alpha value is -1.92. The predicted molar refractivity (Wildman–Crippen MR) is 86.1 cm³/mol. The van der Waals surface area contributed by atoms with Crippen molar-refractivity contribution in [3.63, 3.8) is 0 Å². The van der Waals surface area contributed by atoms with Gasteiger partial charge in [0.15, 0.2) is 0 Å². The zero-order valence-electron chi connectivity index (χ0n) is 12.3. The zero-order valence-corrected chi connectivity index (χ0v) is 13.2. The second-order valence-electron chi connectivity index (χ2n) is 4.90. The molecule has 0 heterocycles. The second kappa shape index (κ2) is 8.64. The fourth-order valence-corrected chi connectivity index (χ4v) is 2.81. The Morgan fingerprint density at radius 2 is 1.83 bits per heavy atom. The number of hydrogen-bond acceptors (Lipinski definition) is 3. The molecule has 0 bridgehead atoms. The van der Waals surface area contributed by atoms with Crippen LogP contribution < -0.4 is 5.32 Å². The Morgan fingerprint density at radius 3 is 2.52 bits per heavy atom. The highest BCUT2D eigenvalue weighted by Gasteiger charge is 2.10. The second-order valence-corrected chi connectivity index (χ2v) is 6.04. The average Bonchev–Trinajstić information content (AvgIpc) is 2.55. The summed E-state index contributed by atoms with van der Waals surface area (Å²) in [6.07, 6.45) is -0.673. The summed E-state index contributed by atoms with van der Waals surface area (Å²) in [5.74, 6) is -0.464. The summed E-state index contributed by atoms with van der Waals surface area (Å²) in [6, 6.07) is 11.8. The van der Waals surface area contributed by atoms with Gasteiger partial charge in [0, 0.05) is 23.6 Å². The van der Waals surface area contributed by atoms with E-state index >= 15 is 0 Å². The van der Waals surface area contributed by atoms with E-state index in [2.05, 4.69) is 5.32 Å². The maximum absolute atomic E-state index is 13.4. The Morgan fingerprint density at radius 1 is 1.13 bits per heavy atom. The van der Waals surface area contributed by atoms with Gasteiger partial charge in [-0.1, -0.05) is 24.3 Å². The van der Waals surface area contributed by atoms with Gasteiger partial charge in [-0.3, -0.25) is 4.79 Å². The third-order valence-electron chi connectivity index (χ3n) is 3.17. The highest BCUT2D eigenvalue weighted by molar-refractivity contribution is 7.99. The molecule has 2 N–H and O–H groups in total. The molecule has 1 amide bonds. The molecule has 0 aliphatic carbocycles. The fraction of sp³-hybridized carbons (Fsp3) is 0.235. The van der Waals surface area contributed by atoms with Gasteiger partial charge in [-0.15, -0.1) is 11.8 Å². The molecule has 6 heteroatoms. The maximum Gasteiger partial charge on any atom is 0.220 e. The fourth-order valence-electron chi connectivity index (χ4n) is 1.92. The number of aliphatic hydroxyl groups is 1. The number of carbonyl (C=O) groups excluding carboxylic acids is 1. The number of benzene rings is 2. The lowest BCUT2D eigenvalue weighted by atomic mass is 10.1. The lowest BCUT2D eigenvalue weighted by Gasteiger charge is -2.12. The van der Waals surface area contributed by atoms with E-state index in [1.165, 1.54) is 42.1 Å². The van der Waals surface area contributed by atoms with Crippen LogP contribution >= 0.6 is 11.8 Å². The van der Waals surface area contributed by atoms with Gasteiger partial charge in [-0.25, -0.2) is 8.78 Å². The molecule has 0 radical (unpaired) electrons. The Labute approximate surface area is 137 Å². The third kappa shape index (κ3) is 5.65. The summed E-state index contributed by atoms with van der Waals surface area (Å²) in [5.41, 5.74) is 0.535. The standard InChI is InChI=1S/C17H17F2NO2S/c18-13-7-5-12(6-8-13)15(21)11-20-17(22)9-10-23-16-4-2-1-3-14(16)19/h1-8,15,21H,9-11H2,(H,20,22). The van der Waals surface area contributed by atoms with E-state index in [1.54, 1.807) is 18.2 Å². The summed E-state index contributed by atoms with van der Waals surface area (Å²) in [5, 5.41) is 12.5. The number of amides is 1. The summed E-state index contributed by atoms with van der Waals surface area (Å²) in [4.78, 5) is 12.2. The van der Waals surface area contributed by atoms with Crippen molar-refractivity contribution in [3.8, 4) is 0 Å². The van der Waals surface area contributed by atoms with Gasteiger partial charge in [0.2, 0.25) is 5.91 Å². The molecule has 2 aromatic rings. The number of halogens is 2. The monoisotopic (exact) mass is 337 g/mol. The van der Waals surface area contributed by atoms with Gasteiger partial charge in [-0.05, 0) is 29.8 Å². The summed E-state index contributed by atoms with van der Waals surface area (Å²) < 4.78 is 26.2. The molecule has 0 aliphatic heterocycles. The van der Waals surface area contributed by atoms with Gasteiger partial charge >= 0.3 is 0 Å². The van der Waals surface area contributed by atoms with Crippen LogP contribution in [-0.4, -0.2) is 23.3 Å². The highest BCUT2D eigenvalue weighted by atomic mass is 32.2. The quantitative estimate of drug-likeness (QED) is 0.762. The number of hydrogen-bond donors (Lipinski definition) is 2. The molecule has 2 aromatic carbocycles. The van der Waals surface area contributed by atoms with Crippen molar-refractivity contribution >= 4 is 17.7 Å². The molecule has 0 saturated carbocycles. The minimum atomic E-state index is -0.890. The Balaban J connectivity index is 1.71. The number of thioether (sulfide) groups is 1. The van der Waals surface area contributed by atoms with Crippen molar-refractivity contribution in [2.75, 3.05) is 12.3 Å². The molecule has 23 heavy (non-hydrogen) atoms. The smallest absolute Gasteiger partial charge is 0.220 e. The van der Waals surface area contributed by atoms with Crippen LogP contribution in [0.2, 0.25) is 0 Å². The van der Waals surface area contributed by atoms with Crippen molar-refractivity contribution in [1.29, 1.82) is 0 Å². The molecule has 2 rings (SSSR count). The summed E-state index contributed by atoms with van der Waals surface area (Å²) in [6.45, 7) is 0.0504. The van der Waals surface area contributed by atoms with Crippen molar-refractivity contribution < 1.29 is 18.7 Å². The topological polar surface area (TPSA) is 49.3 Å². The van der Waals surface area contributed by atoms with E-state index in [0.29, 0.717) is 16.2 Å². The van der Waals surface area contributed by atoms with Gasteiger partial charge in [0.25, 0.3) is 0 Å². The number of rotatable bonds is 7. The van der Waals surface area contributed by atoms with Crippen LogP contribution in [0.5, 0.6) is 0 Å². The average molecular weight is 337 g/mol. The first-order valence-corrected chi connectivity index (χ1v) is 8.12. The summed E-state index contributed by atoms with van der Waals surface area (Å²) in [7, 11) is 0. The first-order chi connectivity index (χ1) is 11.1. The maximum atomic E-state index is 13.4. The number of carbonyl (C=O) groups is 1. The number of aliphatic hydroxyl groups excluding tert-OH is 1. The van der Waals surface area contributed by atoms with E-state index in [0.717, 1.165) is 0 Å². The van der Waals surface area contributed by atoms with Gasteiger partial charge in [-0.2, -0.15) is 0 Å². The predicted octanol–water partition coefficient (Wildman–Crippen LogP) is 3.30. The number of nitrogens with one attached hydrogen (secondary N) is 1. The molecule has 0 spiro atoms. The van der Waals surface area contributed by atoms with E-state index in [1.807, 2.05) is 0 Å². The lowest BCUT2D eigenvalue weighted by molar-refractivity contribution is -0.121. The normalized spacial score (nSPS) is 12.0. The van der Waals surface area contributed by atoms with Gasteiger partial charge in [0.05, 0.1) is 6.10 Å². The van der Waals surface area contributed by atoms with Crippen LogP contribution in [0.4, 0.5) is 8.78 Å². The first kappa shape index (κ1) is 17.4. The Kier molecular flexibility index (Phi) is 6.55. The molecule has 1 unspecified atom stereocenters. The molecular weight excluding hydrogens is 320 g/mol. The SMILES string of the molecule is O=C(CCSc1ccccc1F)NCC(O)c1ccc(F)cc1. The van der Waals surface area contributed by atoms with Crippen molar-refractivity contribution in [2.24, 2.45) is 0 Å². The molecule has 3 nitrogen and oxygen atoms in total. The van der Waals surface area contributed by atoms with Crippen molar-refractivity contribution in [3.05, 3.63) is 65.7 Å². The van der Waals surface area contributed by atoms with Gasteiger partial charge in [0.1, 0.15) is 11.6 Å².